The minimum atomic E-state index is -0.109. The number of benzene rings is 2. The highest BCUT2D eigenvalue weighted by Gasteiger charge is 2.34. The highest BCUT2D eigenvalue weighted by Crippen LogP contribution is 2.35. The van der Waals surface area contributed by atoms with Crippen LogP contribution < -0.4 is 10.1 Å². The fourth-order valence-corrected chi connectivity index (χ4v) is 4.40. The molecule has 152 valence electrons. The summed E-state index contributed by atoms with van der Waals surface area (Å²) >= 11 is 3.51. The van der Waals surface area contributed by atoms with Crippen LogP contribution in [0.1, 0.15) is 18.4 Å². The topological polar surface area (TPSA) is 52.5 Å². The Labute approximate surface area is 179 Å². The number of carbonyl (C=O) groups excluding carboxylic acids is 1. The molecule has 1 saturated heterocycles. The number of fused-ring (bicyclic) bond motifs is 1. The summed E-state index contributed by atoms with van der Waals surface area (Å²) in [5, 5.41) is 4.30. The lowest BCUT2D eigenvalue weighted by atomic mass is 9.74. The van der Waals surface area contributed by atoms with Crippen molar-refractivity contribution in [3.05, 3.63) is 64.8 Å². The Hall–Kier alpha value is -2.31. The van der Waals surface area contributed by atoms with Crippen LogP contribution in [0.2, 0.25) is 0 Å². The Morgan fingerprint density at radius 1 is 1.17 bits per heavy atom. The molecule has 0 atom stereocenters. The molecule has 3 aromatic rings. The van der Waals surface area contributed by atoms with Gasteiger partial charge in [-0.3, -0.25) is 4.79 Å². The van der Waals surface area contributed by atoms with Crippen molar-refractivity contribution in [2.24, 2.45) is 0 Å². The molecule has 0 bridgehead atoms. The lowest BCUT2D eigenvalue weighted by Gasteiger charge is -2.38. The van der Waals surface area contributed by atoms with Crippen molar-refractivity contribution in [2.75, 3.05) is 26.9 Å². The van der Waals surface area contributed by atoms with Gasteiger partial charge in [-0.2, -0.15) is 0 Å². The lowest BCUT2D eigenvalue weighted by molar-refractivity contribution is -0.122. The van der Waals surface area contributed by atoms with Gasteiger partial charge in [0.05, 0.1) is 7.11 Å². The number of halogens is 1. The van der Waals surface area contributed by atoms with Gasteiger partial charge in [-0.25, -0.2) is 0 Å². The third-order valence-corrected chi connectivity index (χ3v) is 6.32. The minimum Gasteiger partial charge on any atom is -0.497 e. The molecule has 29 heavy (non-hydrogen) atoms. The van der Waals surface area contributed by atoms with Gasteiger partial charge in [-0.15, -0.1) is 0 Å². The average Bonchev–Trinajstić information content (AvgIpc) is 3.15. The quantitative estimate of drug-likeness (QED) is 0.602. The summed E-state index contributed by atoms with van der Waals surface area (Å²) in [4.78, 5) is 12.8. The third kappa shape index (κ3) is 4.33. The van der Waals surface area contributed by atoms with E-state index in [0.717, 1.165) is 34.0 Å². The Morgan fingerprint density at radius 2 is 1.93 bits per heavy atom. The van der Waals surface area contributed by atoms with Crippen molar-refractivity contribution >= 4 is 32.7 Å². The second-order valence-corrected chi connectivity index (χ2v) is 8.46. The monoisotopic (exact) mass is 456 g/mol. The molecule has 1 N–H and O–H groups in total. The van der Waals surface area contributed by atoms with E-state index in [9.17, 15) is 4.79 Å². The zero-order valence-electron chi connectivity index (χ0n) is 16.5. The number of hydrogen-bond acceptors (Lipinski definition) is 3. The van der Waals surface area contributed by atoms with E-state index >= 15 is 0 Å². The van der Waals surface area contributed by atoms with Crippen LogP contribution in [0.4, 0.5) is 0 Å². The zero-order valence-corrected chi connectivity index (χ0v) is 18.1. The van der Waals surface area contributed by atoms with Gasteiger partial charge in [-0.05, 0) is 54.1 Å². The van der Waals surface area contributed by atoms with Crippen molar-refractivity contribution < 1.29 is 14.3 Å². The van der Waals surface area contributed by atoms with Gasteiger partial charge in [0.2, 0.25) is 5.91 Å². The summed E-state index contributed by atoms with van der Waals surface area (Å²) in [6.07, 6.45) is 3.74. The highest BCUT2D eigenvalue weighted by molar-refractivity contribution is 9.10. The normalized spacial score (nSPS) is 15.9. The van der Waals surface area contributed by atoms with Gasteiger partial charge in [0.25, 0.3) is 0 Å². The lowest BCUT2D eigenvalue weighted by Crippen LogP contribution is -2.45. The van der Waals surface area contributed by atoms with Crippen LogP contribution in [0.25, 0.3) is 10.9 Å². The fourth-order valence-electron chi connectivity index (χ4n) is 4.05. The minimum absolute atomic E-state index is 0.0156. The molecule has 2 heterocycles. The first-order valence-corrected chi connectivity index (χ1v) is 10.6. The van der Waals surface area contributed by atoms with E-state index < -0.39 is 0 Å². The van der Waals surface area contributed by atoms with Crippen molar-refractivity contribution in [2.45, 2.75) is 24.8 Å². The van der Waals surface area contributed by atoms with Crippen LogP contribution in [-0.2, 0) is 21.5 Å². The standard InChI is InChI=1S/C23H25BrN2O3/c1-28-20-6-3-18(4-7-20)23(9-12-29-13-10-23)16-25-22(27)15-26-11-8-17-2-5-19(24)14-21(17)26/h2-8,11,14H,9-10,12-13,15-16H2,1H3,(H,25,27). The van der Waals surface area contributed by atoms with Crippen LogP contribution in [0.5, 0.6) is 5.75 Å². The molecule has 0 saturated carbocycles. The molecule has 6 heteroatoms. The van der Waals surface area contributed by atoms with E-state index in [4.69, 9.17) is 9.47 Å². The predicted octanol–water partition coefficient (Wildman–Crippen LogP) is 4.28. The van der Waals surface area contributed by atoms with Crippen molar-refractivity contribution in [1.82, 2.24) is 9.88 Å². The molecule has 2 aromatic carbocycles. The van der Waals surface area contributed by atoms with E-state index in [2.05, 4.69) is 39.4 Å². The number of nitrogens with one attached hydrogen (secondary N) is 1. The third-order valence-electron chi connectivity index (χ3n) is 5.83. The molecule has 1 amide bonds. The summed E-state index contributed by atoms with van der Waals surface area (Å²) < 4.78 is 13.9. The average molecular weight is 457 g/mol. The summed E-state index contributed by atoms with van der Waals surface area (Å²) in [6, 6.07) is 16.3. The Kier molecular flexibility index (Phi) is 5.92. The fraction of sp³-hybridized carbons (Fsp3) is 0.348. The largest absolute Gasteiger partial charge is 0.497 e. The molecule has 1 fully saturated rings. The van der Waals surface area contributed by atoms with E-state index in [1.807, 2.05) is 41.1 Å². The van der Waals surface area contributed by atoms with Crippen LogP contribution >= 0.6 is 15.9 Å². The smallest absolute Gasteiger partial charge is 0.239 e. The van der Waals surface area contributed by atoms with Crippen molar-refractivity contribution in [3.63, 3.8) is 0 Å². The Balaban J connectivity index is 1.48. The van der Waals surface area contributed by atoms with Gasteiger partial charge in [0.15, 0.2) is 0 Å². The van der Waals surface area contributed by atoms with Crippen molar-refractivity contribution in [3.8, 4) is 5.75 Å². The predicted molar refractivity (Wildman–Crippen MR) is 117 cm³/mol. The molecular weight excluding hydrogens is 432 g/mol. The molecule has 0 unspecified atom stereocenters. The maximum atomic E-state index is 12.8. The Morgan fingerprint density at radius 3 is 2.66 bits per heavy atom. The molecule has 0 radical (unpaired) electrons. The summed E-state index contributed by atoms with van der Waals surface area (Å²) in [7, 11) is 1.67. The molecule has 1 aliphatic heterocycles. The molecule has 0 aliphatic carbocycles. The molecule has 0 spiro atoms. The number of methoxy groups -OCH3 is 1. The number of amides is 1. The summed E-state index contributed by atoms with van der Waals surface area (Å²) in [5.74, 6) is 0.854. The Bertz CT molecular complexity index is 991. The second kappa shape index (κ2) is 8.59. The van der Waals surface area contributed by atoms with E-state index in [0.29, 0.717) is 26.3 Å². The van der Waals surface area contributed by atoms with E-state index in [1.165, 1.54) is 5.56 Å². The first-order chi connectivity index (χ1) is 14.1. The second-order valence-electron chi connectivity index (χ2n) is 7.54. The number of hydrogen-bond donors (Lipinski definition) is 1. The maximum absolute atomic E-state index is 12.8. The van der Waals surface area contributed by atoms with Gasteiger partial charge in [0.1, 0.15) is 12.3 Å². The maximum Gasteiger partial charge on any atom is 0.239 e. The molecule has 1 aliphatic rings. The SMILES string of the molecule is COc1ccc(C2(CNC(=O)Cn3ccc4ccc(Br)cc43)CCOCC2)cc1. The van der Waals surface area contributed by atoms with E-state index in [1.54, 1.807) is 7.11 Å². The van der Waals surface area contributed by atoms with Crippen LogP contribution in [-0.4, -0.2) is 37.3 Å². The van der Waals surface area contributed by atoms with Crippen LogP contribution in [0, 0.1) is 0 Å². The number of nitrogens with zero attached hydrogens (tertiary/aromatic N) is 1. The van der Waals surface area contributed by atoms with Crippen molar-refractivity contribution in [1.29, 1.82) is 0 Å². The highest BCUT2D eigenvalue weighted by atomic mass is 79.9. The number of rotatable bonds is 6. The number of carbonyl (C=O) groups is 1. The van der Waals surface area contributed by atoms with Crippen LogP contribution in [0.3, 0.4) is 0 Å². The number of aromatic nitrogens is 1. The number of ether oxygens (including phenoxy) is 2. The van der Waals surface area contributed by atoms with Gasteiger partial charge < -0.3 is 19.4 Å². The van der Waals surface area contributed by atoms with E-state index in [-0.39, 0.29) is 11.3 Å². The molecule has 1 aromatic heterocycles. The van der Waals surface area contributed by atoms with Crippen LogP contribution in [0.15, 0.2) is 59.2 Å². The van der Waals surface area contributed by atoms with Gasteiger partial charge in [-0.1, -0.05) is 34.1 Å². The summed E-state index contributed by atoms with van der Waals surface area (Å²) in [6.45, 7) is 2.32. The zero-order chi connectivity index (χ0) is 20.3. The van der Waals surface area contributed by atoms with Gasteiger partial charge >= 0.3 is 0 Å². The molecule has 5 nitrogen and oxygen atoms in total. The molecule has 4 rings (SSSR count). The van der Waals surface area contributed by atoms with Gasteiger partial charge in [0, 0.05) is 41.4 Å². The first-order valence-electron chi connectivity index (χ1n) is 9.83. The summed E-state index contributed by atoms with van der Waals surface area (Å²) in [5.41, 5.74) is 2.16. The molecular formula is C23H25BrN2O3. The first kappa shape index (κ1) is 20.0.